The molecule has 0 saturated heterocycles. The highest BCUT2D eigenvalue weighted by Gasteiger charge is 2.13. The van der Waals surface area contributed by atoms with Crippen LogP contribution in [-0.2, 0) is 0 Å². The Labute approximate surface area is 101 Å². The smallest absolute Gasteiger partial charge is 0.347 e. The monoisotopic (exact) mass is 252 g/mol. The molecule has 0 aliphatic heterocycles. The van der Waals surface area contributed by atoms with Gasteiger partial charge in [-0.15, -0.1) is 0 Å². The summed E-state index contributed by atoms with van der Waals surface area (Å²) in [5.41, 5.74) is 0.622. The van der Waals surface area contributed by atoms with Gasteiger partial charge in [-0.05, 0) is 18.2 Å². The predicted molar refractivity (Wildman–Crippen MR) is 63.5 cm³/mol. The van der Waals surface area contributed by atoms with Crippen molar-refractivity contribution >= 4 is 28.1 Å². The minimum absolute atomic E-state index is 0.156. The Hall–Kier alpha value is -1.95. The molecule has 0 aliphatic rings. The molecule has 0 amide bonds. The van der Waals surface area contributed by atoms with Gasteiger partial charge in [0.2, 0.25) is 0 Å². The van der Waals surface area contributed by atoms with Gasteiger partial charge in [-0.1, -0.05) is 17.4 Å². The third kappa shape index (κ3) is 2.42. The summed E-state index contributed by atoms with van der Waals surface area (Å²) in [6.07, 6.45) is 1.29. The second kappa shape index (κ2) is 4.50. The van der Waals surface area contributed by atoms with Crippen LogP contribution in [0.4, 0.5) is 15.2 Å². The lowest BCUT2D eigenvalue weighted by molar-refractivity contribution is 0.0702. The molecular weight excluding hydrogens is 243 g/mol. The second-order valence-electron chi connectivity index (χ2n) is 3.35. The maximum atomic E-state index is 13.0. The van der Waals surface area contributed by atoms with Crippen molar-refractivity contribution < 1.29 is 14.3 Å². The number of hydrogen-bond donors (Lipinski definition) is 1. The Bertz CT molecular complexity index is 556. The molecule has 0 spiro atoms. The predicted octanol–water partition coefficient (Wildman–Crippen LogP) is 2.75. The van der Waals surface area contributed by atoms with Crippen LogP contribution < -0.4 is 4.90 Å². The molecule has 0 saturated carbocycles. The first-order valence-corrected chi connectivity index (χ1v) is 5.58. The van der Waals surface area contributed by atoms with Gasteiger partial charge in [0.1, 0.15) is 10.7 Å². The molecule has 1 aromatic heterocycles. The molecule has 0 bridgehead atoms. The standard InChI is InChI=1S/C11H9FN2O2S/c1-14(8-4-2-3-7(12)5-8)11-13-6-9(17-11)10(15)16/h2-6H,1H3,(H,15,16). The summed E-state index contributed by atoms with van der Waals surface area (Å²) in [5.74, 6) is -1.36. The van der Waals surface area contributed by atoms with Gasteiger partial charge < -0.3 is 10.0 Å². The highest BCUT2D eigenvalue weighted by atomic mass is 32.1. The summed E-state index contributed by atoms with van der Waals surface area (Å²) in [6, 6.07) is 6.03. The van der Waals surface area contributed by atoms with Crippen LogP contribution in [0.5, 0.6) is 0 Å². The number of hydrogen-bond acceptors (Lipinski definition) is 4. The number of anilines is 2. The van der Waals surface area contributed by atoms with Crippen molar-refractivity contribution in [3.63, 3.8) is 0 Å². The lowest BCUT2D eigenvalue weighted by Gasteiger charge is -2.15. The highest BCUT2D eigenvalue weighted by Crippen LogP contribution is 2.28. The summed E-state index contributed by atoms with van der Waals surface area (Å²) in [6.45, 7) is 0. The van der Waals surface area contributed by atoms with Crippen molar-refractivity contribution in [2.75, 3.05) is 11.9 Å². The molecule has 0 radical (unpaired) electrons. The minimum atomic E-state index is -1.01. The van der Waals surface area contributed by atoms with Crippen LogP contribution in [0.1, 0.15) is 9.67 Å². The molecule has 2 rings (SSSR count). The van der Waals surface area contributed by atoms with E-state index in [1.807, 2.05) is 0 Å². The van der Waals surface area contributed by atoms with Gasteiger partial charge in [0.15, 0.2) is 5.13 Å². The number of rotatable bonds is 3. The third-order valence-electron chi connectivity index (χ3n) is 2.19. The van der Waals surface area contributed by atoms with E-state index >= 15 is 0 Å². The number of nitrogens with zero attached hydrogens (tertiary/aromatic N) is 2. The fraction of sp³-hybridized carbons (Fsp3) is 0.0909. The molecule has 4 nitrogen and oxygen atoms in total. The molecule has 6 heteroatoms. The van der Waals surface area contributed by atoms with E-state index < -0.39 is 5.97 Å². The molecule has 0 fully saturated rings. The highest BCUT2D eigenvalue weighted by molar-refractivity contribution is 7.17. The quantitative estimate of drug-likeness (QED) is 0.912. The number of benzene rings is 1. The van der Waals surface area contributed by atoms with Gasteiger partial charge in [0.25, 0.3) is 0 Å². The van der Waals surface area contributed by atoms with Gasteiger partial charge in [-0.25, -0.2) is 14.2 Å². The molecule has 0 atom stereocenters. The number of carboxylic acids is 1. The average Bonchev–Trinajstić information content (AvgIpc) is 2.77. The van der Waals surface area contributed by atoms with Gasteiger partial charge in [-0.2, -0.15) is 0 Å². The first-order valence-electron chi connectivity index (χ1n) is 4.76. The fourth-order valence-electron chi connectivity index (χ4n) is 1.31. The van der Waals surface area contributed by atoms with Crippen molar-refractivity contribution in [3.8, 4) is 0 Å². The summed E-state index contributed by atoms with van der Waals surface area (Å²) < 4.78 is 13.0. The van der Waals surface area contributed by atoms with E-state index in [4.69, 9.17) is 5.11 Å². The molecule has 2 aromatic rings. The zero-order chi connectivity index (χ0) is 12.4. The number of aromatic carboxylic acids is 1. The van der Waals surface area contributed by atoms with Gasteiger partial charge >= 0.3 is 5.97 Å². The average molecular weight is 252 g/mol. The Balaban J connectivity index is 2.30. The number of thiazole rings is 1. The zero-order valence-corrected chi connectivity index (χ0v) is 9.74. The van der Waals surface area contributed by atoms with Crippen molar-refractivity contribution in [1.82, 2.24) is 4.98 Å². The fourth-order valence-corrected chi connectivity index (χ4v) is 2.05. The molecule has 88 valence electrons. The summed E-state index contributed by atoms with van der Waals surface area (Å²) >= 11 is 1.04. The summed E-state index contributed by atoms with van der Waals surface area (Å²) in [5, 5.41) is 9.29. The SMILES string of the molecule is CN(c1cccc(F)c1)c1ncc(C(=O)O)s1. The zero-order valence-electron chi connectivity index (χ0n) is 8.92. The van der Waals surface area contributed by atoms with Crippen LogP contribution in [0.15, 0.2) is 30.5 Å². The van der Waals surface area contributed by atoms with E-state index in [1.165, 1.54) is 18.3 Å². The van der Waals surface area contributed by atoms with E-state index in [1.54, 1.807) is 24.1 Å². The van der Waals surface area contributed by atoms with E-state index in [0.29, 0.717) is 10.8 Å². The molecule has 1 N–H and O–H groups in total. The Morgan fingerprint density at radius 3 is 2.88 bits per heavy atom. The van der Waals surface area contributed by atoms with Crippen LogP contribution >= 0.6 is 11.3 Å². The third-order valence-corrected chi connectivity index (χ3v) is 3.25. The lowest BCUT2D eigenvalue weighted by atomic mass is 10.3. The molecular formula is C11H9FN2O2S. The first-order chi connectivity index (χ1) is 8.08. The largest absolute Gasteiger partial charge is 0.477 e. The van der Waals surface area contributed by atoms with E-state index in [9.17, 15) is 9.18 Å². The minimum Gasteiger partial charge on any atom is -0.477 e. The number of halogens is 1. The Morgan fingerprint density at radius 1 is 1.53 bits per heavy atom. The first kappa shape index (κ1) is 11.5. The van der Waals surface area contributed by atoms with Gasteiger partial charge in [0.05, 0.1) is 6.20 Å². The molecule has 1 heterocycles. The van der Waals surface area contributed by atoms with Crippen LogP contribution in [0.3, 0.4) is 0 Å². The van der Waals surface area contributed by atoms with E-state index in [2.05, 4.69) is 4.98 Å². The maximum absolute atomic E-state index is 13.0. The van der Waals surface area contributed by atoms with Crippen LogP contribution in [0.25, 0.3) is 0 Å². The Morgan fingerprint density at radius 2 is 2.29 bits per heavy atom. The van der Waals surface area contributed by atoms with Crippen LogP contribution in [0.2, 0.25) is 0 Å². The van der Waals surface area contributed by atoms with Gasteiger partial charge in [-0.3, -0.25) is 0 Å². The van der Waals surface area contributed by atoms with Crippen molar-refractivity contribution in [1.29, 1.82) is 0 Å². The van der Waals surface area contributed by atoms with E-state index in [-0.39, 0.29) is 10.7 Å². The normalized spacial score (nSPS) is 10.2. The molecule has 0 unspecified atom stereocenters. The van der Waals surface area contributed by atoms with Gasteiger partial charge in [0, 0.05) is 12.7 Å². The van der Waals surface area contributed by atoms with Crippen LogP contribution in [-0.4, -0.2) is 23.1 Å². The summed E-state index contributed by atoms with van der Waals surface area (Å²) in [4.78, 5) is 16.5. The lowest BCUT2D eigenvalue weighted by Crippen LogP contribution is -2.08. The number of aromatic nitrogens is 1. The molecule has 17 heavy (non-hydrogen) atoms. The molecule has 1 aromatic carbocycles. The Kier molecular flexibility index (Phi) is 3.06. The summed E-state index contributed by atoms with van der Waals surface area (Å²) in [7, 11) is 1.71. The van der Waals surface area contributed by atoms with Crippen molar-refractivity contribution in [2.24, 2.45) is 0 Å². The van der Waals surface area contributed by atoms with Crippen molar-refractivity contribution in [2.45, 2.75) is 0 Å². The molecule has 0 aliphatic carbocycles. The van der Waals surface area contributed by atoms with E-state index in [0.717, 1.165) is 11.3 Å². The van der Waals surface area contributed by atoms with Crippen LogP contribution in [0, 0.1) is 5.82 Å². The maximum Gasteiger partial charge on any atom is 0.347 e. The number of carboxylic acid groups (broad SMARTS) is 1. The van der Waals surface area contributed by atoms with Crippen molar-refractivity contribution in [3.05, 3.63) is 41.2 Å². The number of carbonyl (C=O) groups is 1. The second-order valence-corrected chi connectivity index (χ2v) is 4.36. The topological polar surface area (TPSA) is 53.4 Å².